The van der Waals surface area contributed by atoms with Crippen molar-refractivity contribution in [1.82, 2.24) is 0 Å². The van der Waals surface area contributed by atoms with Crippen molar-refractivity contribution in [1.29, 1.82) is 0 Å². The van der Waals surface area contributed by atoms with Gasteiger partial charge >= 0.3 is 0 Å². The summed E-state index contributed by atoms with van der Waals surface area (Å²) in [6.45, 7) is 0. The highest BCUT2D eigenvalue weighted by Gasteiger charge is 2.12. The van der Waals surface area contributed by atoms with Crippen LogP contribution < -0.4 is 11.1 Å². The topological polar surface area (TPSA) is 55.1 Å². The van der Waals surface area contributed by atoms with Crippen molar-refractivity contribution in [3.8, 4) is 0 Å². The first-order valence-electron chi connectivity index (χ1n) is 5.29. The van der Waals surface area contributed by atoms with Crippen LogP contribution in [0, 0.1) is 11.6 Å². The van der Waals surface area contributed by atoms with Crippen LogP contribution in [0.3, 0.4) is 0 Å². The van der Waals surface area contributed by atoms with E-state index in [-0.39, 0.29) is 11.3 Å². The number of nitrogens with one attached hydrogen (secondary N) is 1. The maximum absolute atomic E-state index is 13.1. The van der Waals surface area contributed by atoms with Crippen LogP contribution in [0.15, 0.2) is 40.9 Å². The summed E-state index contributed by atoms with van der Waals surface area (Å²) in [5, 5.41) is 2.52. The minimum atomic E-state index is -0.565. The Hall–Kier alpha value is -1.95. The molecule has 2 aromatic rings. The van der Waals surface area contributed by atoms with Gasteiger partial charge in [0.2, 0.25) is 0 Å². The Morgan fingerprint density at radius 1 is 1.11 bits per heavy atom. The van der Waals surface area contributed by atoms with Crippen LogP contribution >= 0.6 is 15.9 Å². The van der Waals surface area contributed by atoms with Crippen LogP contribution in [0.5, 0.6) is 0 Å². The Morgan fingerprint density at radius 2 is 1.74 bits per heavy atom. The van der Waals surface area contributed by atoms with E-state index < -0.39 is 17.5 Å². The zero-order valence-electron chi connectivity index (χ0n) is 9.58. The van der Waals surface area contributed by atoms with Crippen molar-refractivity contribution in [3.05, 3.63) is 58.1 Å². The van der Waals surface area contributed by atoms with Crippen LogP contribution in [0.1, 0.15) is 10.4 Å². The van der Waals surface area contributed by atoms with Gasteiger partial charge in [-0.1, -0.05) is 0 Å². The normalized spacial score (nSPS) is 10.3. The molecule has 0 aliphatic rings. The molecule has 0 aliphatic heterocycles. The largest absolute Gasteiger partial charge is 0.398 e. The predicted molar refractivity (Wildman–Crippen MR) is 72.9 cm³/mol. The monoisotopic (exact) mass is 326 g/mol. The molecule has 0 spiro atoms. The fourth-order valence-electron chi connectivity index (χ4n) is 1.51. The summed E-state index contributed by atoms with van der Waals surface area (Å²) in [6, 6.07) is 7.33. The fourth-order valence-corrected chi connectivity index (χ4v) is 1.96. The lowest BCUT2D eigenvalue weighted by Crippen LogP contribution is -2.14. The second-order valence-electron chi connectivity index (χ2n) is 3.81. The summed E-state index contributed by atoms with van der Waals surface area (Å²) in [5.74, 6) is -1.56. The van der Waals surface area contributed by atoms with E-state index in [0.717, 1.165) is 6.07 Å². The Balaban J connectivity index is 2.28. The molecule has 0 bridgehead atoms. The number of rotatable bonds is 2. The van der Waals surface area contributed by atoms with Gasteiger partial charge in [0.25, 0.3) is 5.91 Å². The summed E-state index contributed by atoms with van der Waals surface area (Å²) < 4.78 is 26.4. The number of amides is 1. The van der Waals surface area contributed by atoms with Crippen molar-refractivity contribution >= 4 is 33.2 Å². The lowest BCUT2D eigenvalue weighted by molar-refractivity contribution is 0.102. The lowest BCUT2D eigenvalue weighted by Gasteiger charge is -2.09. The van der Waals surface area contributed by atoms with Gasteiger partial charge in [-0.15, -0.1) is 0 Å². The molecule has 0 aliphatic carbocycles. The molecule has 0 unspecified atom stereocenters. The van der Waals surface area contributed by atoms with E-state index in [1.54, 1.807) is 0 Å². The van der Waals surface area contributed by atoms with Crippen LogP contribution in [0.2, 0.25) is 0 Å². The standard InChI is InChI=1S/C13H9BrF2N2O/c14-10-6-8(16)2-4-12(10)18-13(19)9-5-7(15)1-3-11(9)17/h1-6H,17H2,(H,18,19). The summed E-state index contributed by atoms with van der Waals surface area (Å²) in [7, 11) is 0. The first-order chi connectivity index (χ1) is 8.97. The average Bonchev–Trinajstić information content (AvgIpc) is 2.35. The van der Waals surface area contributed by atoms with Gasteiger partial charge in [0.1, 0.15) is 11.6 Å². The van der Waals surface area contributed by atoms with Crippen molar-refractivity contribution in [2.75, 3.05) is 11.1 Å². The molecule has 2 aromatic carbocycles. The Labute approximate surface area is 116 Å². The first kappa shape index (κ1) is 13.5. The van der Waals surface area contributed by atoms with E-state index in [4.69, 9.17) is 5.73 Å². The number of hydrogen-bond donors (Lipinski definition) is 2. The van der Waals surface area contributed by atoms with E-state index in [9.17, 15) is 13.6 Å². The molecule has 2 rings (SSSR count). The Bertz CT molecular complexity index is 647. The van der Waals surface area contributed by atoms with Crippen LogP contribution in [0.25, 0.3) is 0 Å². The van der Waals surface area contributed by atoms with Crippen molar-refractivity contribution in [2.45, 2.75) is 0 Å². The molecule has 0 fully saturated rings. The predicted octanol–water partition coefficient (Wildman–Crippen LogP) is 3.56. The molecule has 1 amide bonds. The third-order valence-corrected chi connectivity index (χ3v) is 3.10. The molecule has 3 N–H and O–H groups in total. The van der Waals surface area contributed by atoms with E-state index in [0.29, 0.717) is 10.2 Å². The molecule has 6 heteroatoms. The van der Waals surface area contributed by atoms with Gasteiger partial charge in [-0.25, -0.2) is 8.78 Å². The summed E-state index contributed by atoms with van der Waals surface area (Å²) >= 11 is 3.12. The number of nitrogens with two attached hydrogens (primary N) is 1. The van der Waals surface area contributed by atoms with Gasteiger partial charge in [-0.2, -0.15) is 0 Å². The maximum Gasteiger partial charge on any atom is 0.257 e. The number of nitrogen functional groups attached to an aromatic ring is 1. The lowest BCUT2D eigenvalue weighted by atomic mass is 10.1. The average molecular weight is 327 g/mol. The van der Waals surface area contributed by atoms with Crippen molar-refractivity contribution in [2.24, 2.45) is 0 Å². The number of carbonyl (C=O) groups is 1. The maximum atomic E-state index is 13.1. The molecular weight excluding hydrogens is 318 g/mol. The first-order valence-corrected chi connectivity index (χ1v) is 6.08. The number of benzene rings is 2. The van der Waals surface area contributed by atoms with Gasteiger partial charge in [0, 0.05) is 10.2 Å². The van der Waals surface area contributed by atoms with Crippen LogP contribution in [0.4, 0.5) is 20.2 Å². The van der Waals surface area contributed by atoms with Gasteiger partial charge in [0.15, 0.2) is 0 Å². The Kier molecular flexibility index (Phi) is 3.80. The van der Waals surface area contributed by atoms with Gasteiger partial charge in [-0.05, 0) is 52.3 Å². The highest BCUT2D eigenvalue weighted by Crippen LogP contribution is 2.24. The number of anilines is 2. The van der Waals surface area contributed by atoms with Gasteiger partial charge < -0.3 is 11.1 Å². The second-order valence-corrected chi connectivity index (χ2v) is 4.66. The molecule has 3 nitrogen and oxygen atoms in total. The molecule has 0 radical (unpaired) electrons. The summed E-state index contributed by atoms with van der Waals surface area (Å²) in [6.07, 6.45) is 0. The molecule has 0 atom stereocenters. The Morgan fingerprint density at radius 3 is 2.42 bits per heavy atom. The van der Waals surface area contributed by atoms with Crippen molar-refractivity contribution < 1.29 is 13.6 Å². The molecule has 0 aromatic heterocycles. The number of hydrogen-bond acceptors (Lipinski definition) is 2. The van der Waals surface area contributed by atoms with E-state index in [1.165, 1.54) is 30.3 Å². The molecule has 0 saturated carbocycles. The zero-order valence-corrected chi connectivity index (χ0v) is 11.2. The third kappa shape index (κ3) is 3.08. The fraction of sp³-hybridized carbons (Fsp3) is 0. The molecule has 0 heterocycles. The molecular formula is C13H9BrF2N2O. The zero-order chi connectivity index (χ0) is 14.0. The summed E-state index contributed by atoms with van der Waals surface area (Å²) in [5.41, 5.74) is 6.17. The highest BCUT2D eigenvalue weighted by atomic mass is 79.9. The smallest absolute Gasteiger partial charge is 0.257 e. The van der Waals surface area contributed by atoms with Crippen LogP contribution in [-0.2, 0) is 0 Å². The quantitative estimate of drug-likeness (QED) is 0.829. The SMILES string of the molecule is Nc1ccc(F)cc1C(=O)Nc1ccc(F)cc1Br. The third-order valence-electron chi connectivity index (χ3n) is 2.44. The van der Waals surface area contributed by atoms with Gasteiger partial charge in [0.05, 0.1) is 11.3 Å². The molecule has 19 heavy (non-hydrogen) atoms. The van der Waals surface area contributed by atoms with Crippen LogP contribution in [-0.4, -0.2) is 5.91 Å². The molecule has 98 valence electrons. The van der Waals surface area contributed by atoms with Gasteiger partial charge in [-0.3, -0.25) is 4.79 Å². The number of carbonyl (C=O) groups excluding carboxylic acids is 1. The van der Waals surface area contributed by atoms with Crippen molar-refractivity contribution in [3.63, 3.8) is 0 Å². The second kappa shape index (κ2) is 5.36. The highest BCUT2D eigenvalue weighted by molar-refractivity contribution is 9.10. The minimum Gasteiger partial charge on any atom is -0.398 e. The van der Waals surface area contributed by atoms with E-state index >= 15 is 0 Å². The summed E-state index contributed by atoms with van der Waals surface area (Å²) in [4.78, 5) is 12.0. The van der Waals surface area contributed by atoms with E-state index in [2.05, 4.69) is 21.2 Å². The molecule has 0 saturated heterocycles. The number of halogens is 3. The van der Waals surface area contributed by atoms with E-state index in [1.807, 2.05) is 0 Å². The minimum absolute atomic E-state index is 0.0243.